The van der Waals surface area contributed by atoms with Crippen LogP contribution in [0.3, 0.4) is 0 Å². The van der Waals surface area contributed by atoms with Crippen LogP contribution in [-0.4, -0.2) is 26.1 Å². The fourth-order valence-corrected chi connectivity index (χ4v) is 6.31. The Morgan fingerprint density at radius 1 is 1.31 bits per heavy atom. The molecule has 5 nitrogen and oxygen atoms in total. The highest BCUT2D eigenvalue weighted by Crippen LogP contribution is 2.40. The van der Waals surface area contributed by atoms with Crippen LogP contribution in [0.4, 0.5) is 0 Å². The van der Waals surface area contributed by atoms with Crippen LogP contribution in [0.25, 0.3) is 10.2 Å². The predicted molar refractivity (Wildman–Crippen MR) is 116 cm³/mol. The van der Waals surface area contributed by atoms with Crippen molar-refractivity contribution < 1.29 is 9.21 Å². The molecule has 0 bridgehead atoms. The van der Waals surface area contributed by atoms with Gasteiger partial charge in [0.1, 0.15) is 21.9 Å². The molecule has 0 spiro atoms. The number of ketones is 1. The van der Waals surface area contributed by atoms with E-state index >= 15 is 0 Å². The Balaban J connectivity index is 1.37. The van der Waals surface area contributed by atoms with Gasteiger partial charge in [0, 0.05) is 27.2 Å². The van der Waals surface area contributed by atoms with Crippen molar-refractivity contribution in [3.8, 4) is 0 Å². The number of hydrogen-bond donors (Lipinski definition) is 0. The van der Waals surface area contributed by atoms with Gasteiger partial charge in [-0.2, -0.15) is 0 Å². The second-order valence-corrected chi connectivity index (χ2v) is 9.43. The third-order valence-corrected chi connectivity index (χ3v) is 7.76. The Kier molecular flexibility index (Phi) is 4.80. The van der Waals surface area contributed by atoms with Crippen LogP contribution >= 0.6 is 23.1 Å². The summed E-state index contributed by atoms with van der Waals surface area (Å²) in [7, 11) is 0. The molecule has 0 aliphatic heterocycles. The number of nitrogens with zero attached hydrogens (tertiary/aromatic N) is 3. The molecule has 5 rings (SSSR count). The third kappa shape index (κ3) is 3.32. The first-order chi connectivity index (χ1) is 14.1. The van der Waals surface area contributed by atoms with Crippen LogP contribution < -0.4 is 0 Å². The molecular weight excluding hydrogens is 402 g/mol. The van der Waals surface area contributed by atoms with E-state index in [1.54, 1.807) is 23.9 Å². The number of rotatable bonds is 6. The van der Waals surface area contributed by atoms with Crippen LogP contribution in [0.5, 0.6) is 0 Å². The van der Waals surface area contributed by atoms with E-state index in [0.717, 1.165) is 45.4 Å². The molecule has 0 aromatic carbocycles. The molecule has 0 amide bonds. The summed E-state index contributed by atoms with van der Waals surface area (Å²) in [5, 5.41) is 2.11. The highest BCUT2D eigenvalue weighted by molar-refractivity contribution is 8.00. The van der Waals surface area contributed by atoms with Crippen LogP contribution in [0.1, 0.15) is 44.4 Å². The molecule has 4 aromatic rings. The fraction of sp³-hybridized carbons (Fsp3) is 0.318. The quantitative estimate of drug-likeness (QED) is 0.242. The van der Waals surface area contributed by atoms with Crippen molar-refractivity contribution in [3.05, 3.63) is 63.9 Å². The summed E-state index contributed by atoms with van der Waals surface area (Å²) in [6.45, 7) is 4.67. The first-order valence-corrected chi connectivity index (χ1v) is 11.5. The lowest BCUT2D eigenvalue weighted by molar-refractivity contribution is 0.102. The van der Waals surface area contributed by atoms with Gasteiger partial charge in [0.05, 0.1) is 18.6 Å². The summed E-state index contributed by atoms with van der Waals surface area (Å²) in [6, 6.07) is 5.82. The predicted octanol–water partition coefficient (Wildman–Crippen LogP) is 5.21. The summed E-state index contributed by atoms with van der Waals surface area (Å²) >= 11 is 3.31. The Bertz CT molecular complexity index is 1200. The average Bonchev–Trinajstić information content (AvgIpc) is 3.47. The van der Waals surface area contributed by atoms with E-state index in [0.29, 0.717) is 12.3 Å². The number of thioether (sulfide) groups is 1. The number of fused-ring (bicyclic) bond motifs is 3. The lowest BCUT2D eigenvalue weighted by Gasteiger charge is -2.08. The van der Waals surface area contributed by atoms with Gasteiger partial charge in [-0.15, -0.1) is 11.3 Å². The fourth-order valence-electron chi connectivity index (χ4n) is 4.11. The topological polar surface area (TPSA) is 60.9 Å². The number of carbonyl (C=O) groups is 1. The lowest BCUT2D eigenvalue weighted by atomic mass is 10.2. The Labute approximate surface area is 177 Å². The van der Waals surface area contributed by atoms with E-state index in [9.17, 15) is 4.79 Å². The van der Waals surface area contributed by atoms with Crippen molar-refractivity contribution >= 4 is 39.1 Å². The van der Waals surface area contributed by atoms with Gasteiger partial charge < -0.3 is 8.98 Å². The average molecular weight is 424 g/mol. The number of carbonyl (C=O) groups excluding carboxylic acids is 1. The Morgan fingerprint density at radius 2 is 2.21 bits per heavy atom. The first kappa shape index (κ1) is 18.6. The molecule has 0 saturated heterocycles. The zero-order valence-corrected chi connectivity index (χ0v) is 18.0. The molecule has 1 aliphatic carbocycles. The SMILES string of the molecule is Cc1cc(C(=O)CSc2ncnc3sc4c(c23)CCC4)c(C)n1Cc1ccco1. The van der Waals surface area contributed by atoms with Crippen LogP contribution in [0.2, 0.25) is 0 Å². The van der Waals surface area contributed by atoms with Gasteiger partial charge >= 0.3 is 0 Å². The standard InChI is InChI=1S/C22H21N3O2S2/c1-13-9-17(14(2)25(13)10-15-5-4-8-27-15)18(26)11-28-21-20-16-6-3-7-19(16)29-22(20)24-12-23-21/h4-5,8-9,12H,3,6-7,10-11H2,1-2H3. The molecule has 7 heteroatoms. The number of aromatic nitrogens is 3. The molecule has 148 valence electrons. The minimum atomic E-state index is 0.132. The van der Waals surface area contributed by atoms with E-state index in [-0.39, 0.29) is 5.78 Å². The monoisotopic (exact) mass is 423 g/mol. The molecule has 29 heavy (non-hydrogen) atoms. The zero-order valence-electron chi connectivity index (χ0n) is 16.4. The maximum Gasteiger partial charge on any atom is 0.174 e. The third-order valence-electron chi connectivity index (χ3n) is 5.57. The highest BCUT2D eigenvalue weighted by atomic mass is 32.2. The van der Waals surface area contributed by atoms with Gasteiger partial charge in [-0.1, -0.05) is 11.8 Å². The minimum absolute atomic E-state index is 0.132. The molecule has 0 radical (unpaired) electrons. The largest absolute Gasteiger partial charge is 0.467 e. The van der Waals surface area contributed by atoms with Crippen LogP contribution in [0.15, 0.2) is 40.2 Å². The van der Waals surface area contributed by atoms with Crippen LogP contribution in [0, 0.1) is 13.8 Å². The molecule has 0 unspecified atom stereocenters. The summed E-state index contributed by atoms with van der Waals surface area (Å²) in [4.78, 5) is 24.5. The van der Waals surface area contributed by atoms with E-state index in [1.807, 2.05) is 32.0 Å². The van der Waals surface area contributed by atoms with Gasteiger partial charge in [0.15, 0.2) is 5.78 Å². The van der Waals surface area contributed by atoms with E-state index in [4.69, 9.17) is 4.42 Å². The van der Waals surface area contributed by atoms with E-state index < -0.39 is 0 Å². The zero-order chi connectivity index (χ0) is 20.0. The van der Waals surface area contributed by atoms with Crippen molar-refractivity contribution in [2.75, 3.05) is 5.75 Å². The van der Waals surface area contributed by atoms with Gasteiger partial charge in [-0.25, -0.2) is 9.97 Å². The Hall–Kier alpha value is -2.38. The van der Waals surface area contributed by atoms with Crippen molar-refractivity contribution in [1.29, 1.82) is 0 Å². The number of aryl methyl sites for hydroxylation is 3. The number of thiophene rings is 1. The molecule has 0 saturated carbocycles. The second kappa shape index (κ2) is 7.46. The first-order valence-electron chi connectivity index (χ1n) is 9.72. The maximum atomic E-state index is 13.0. The van der Waals surface area contributed by atoms with Crippen molar-refractivity contribution in [2.24, 2.45) is 0 Å². The lowest BCUT2D eigenvalue weighted by Crippen LogP contribution is -2.07. The van der Waals surface area contributed by atoms with Gasteiger partial charge in [-0.3, -0.25) is 4.79 Å². The smallest absolute Gasteiger partial charge is 0.174 e. The molecular formula is C22H21N3O2S2. The van der Waals surface area contributed by atoms with Crippen molar-refractivity contribution in [2.45, 2.75) is 44.7 Å². The minimum Gasteiger partial charge on any atom is -0.467 e. The van der Waals surface area contributed by atoms with Gasteiger partial charge in [0.2, 0.25) is 0 Å². The maximum absolute atomic E-state index is 13.0. The van der Waals surface area contributed by atoms with Crippen LogP contribution in [-0.2, 0) is 19.4 Å². The summed E-state index contributed by atoms with van der Waals surface area (Å²) in [6.07, 6.45) is 6.74. The molecule has 0 fully saturated rings. The molecule has 0 atom stereocenters. The van der Waals surface area contributed by atoms with Crippen molar-refractivity contribution in [1.82, 2.24) is 14.5 Å². The summed E-state index contributed by atoms with van der Waals surface area (Å²) in [5.74, 6) is 1.39. The van der Waals surface area contributed by atoms with Gasteiger partial charge in [-0.05, 0) is 56.9 Å². The number of Topliss-reactive ketones (excluding diaryl/α,β-unsaturated/α-hetero) is 1. The van der Waals surface area contributed by atoms with Crippen molar-refractivity contribution in [3.63, 3.8) is 0 Å². The summed E-state index contributed by atoms with van der Waals surface area (Å²) < 4.78 is 7.60. The normalized spacial score (nSPS) is 13.3. The van der Waals surface area contributed by atoms with Gasteiger partial charge in [0.25, 0.3) is 0 Å². The van der Waals surface area contributed by atoms with E-state index in [1.165, 1.54) is 34.0 Å². The second-order valence-electron chi connectivity index (χ2n) is 7.38. The van der Waals surface area contributed by atoms with E-state index in [2.05, 4.69) is 14.5 Å². The Morgan fingerprint density at radius 3 is 3.03 bits per heavy atom. The number of hydrogen-bond acceptors (Lipinski definition) is 6. The highest BCUT2D eigenvalue weighted by Gasteiger charge is 2.22. The summed E-state index contributed by atoms with van der Waals surface area (Å²) in [5.41, 5.74) is 4.22. The molecule has 0 N–H and O–H groups in total. The molecule has 1 aliphatic rings. The molecule has 4 heterocycles. The molecule has 4 aromatic heterocycles. The number of furan rings is 1.